The molecule has 0 bridgehead atoms. The average molecular weight is 303 g/mol. The lowest BCUT2D eigenvalue weighted by molar-refractivity contribution is -0.120. The van der Waals surface area contributed by atoms with Crippen LogP contribution in [0.15, 0.2) is 18.2 Å². The number of amides is 1. The van der Waals surface area contributed by atoms with E-state index in [2.05, 4.69) is 4.98 Å². The van der Waals surface area contributed by atoms with E-state index in [1.54, 1.807) is 23.3 Å². The molecular weight excluding hydrogens is 286 g/mol. The number of benzene rings is 1. The summed E-state index contributed by atoms with van der Waals surface area (Å²) < 4.78 is 5.52. The van der Waals surface area contributed by atoms with Crippen LogP contribution in [-0.4, -0.2) is 24.5 Å². The molecule has 0 aliphatic carbocycles. The lowest BCUT2D eigenvalue weighted by atomic mass is 10.1. The summed E-state index contributed by atoms with van der Waals surface area (Å²) in [5.74, 6) is 0.733. The van der Waals surface area contributed by atoms with Crippen LogP contribution in [0.3, 0.4) is 0 Å². The van der Waals surface area contributed by atoms with Crippen LogP contribution in [-0.2, 0) is 17.8 Å². The molecule has 0 atom stereocenters. The number of nitrogens with zero attached hydrogens (tertiary/aromatic N) is 2. The standard InChI is InChI=1S/C15H17N3O2S/c1-9-13(21-14(7-16)17-9)6-10-3-4-11-12(5-10)20-8-15(19)18(11)2/h3-5H,6-8,16H2,1-2H3. The molecule has 1 aliphatic heterocycles. The largest absolute Gasteiger partial charge is 0.482 e. The van der Waals surface area contributed by atoms with Gasteiger partial charge in [-0.1, -0.05) is 6.07 Å². The van der Waals surface area contributed by atoms with Gasteiger partial charge in [0, 0.05) is 24.9 Å². The lowest BCUT2D eigenvalue weighted by Crippen LogP contribution is -2.35. The normalized spacial score (nSPS) is 14.0. The van der Waals surface area contributed by atoms with E-state index in [4.69, 9.17) is 10.5 Å². The van der Waals surface area contributed by atoms with Crippen LogP contribution in [0.25, 0.3) is 0 Å². The van der Waals surface area contributed by atoms with E-state index in [0.717, 1.165) is 34.1 Å². The van der Waals surface area contributed by atoms with E-state index in [1.165, 1.54) is 4.88 Å². The van der Waals surface area contributed by atoms with Gasteiger partial charge in [0.25, 0.3) is 5.91 Å². The highest BCUT2D eigenvalue weighted by Crippen LogP contribution is 2.33. The minimum Gasteiger partial charge on any atom is -0.482 e. The smallest absolute Gasteiger partial charge is 0.264 e. The van der Waals surface area contributed by atoms with Gasteiger partial charge in [0.1, 0.15) is 10.8 Å². The van der Waals surface area contributed by atoms with Crippen LogP contribution in [0.5, 0.6) is 5.75 Å². The molecule has 0 unspecified atom stereocenters. The fourth-order valence-electron chi connectivity index (χ4n) is 2.36. The predicted molar refractivity (Wildman–Crippen MR) is 82.9 cm³/mol. The van der Waals surface area contributed by atoms with Crippen LogP contribution in [0.1, 0.15) is 21.1 Å². The van der Waals surface area contributed by atoms with Crippen molar-refractivity contribution in [3.63, 3.8) is 0 Å². The first-order chi connectivity index (χ1) is 10.1. The minimum atomic E-state index is -0.0267. The van der Waals surface area contributed by atoms with Gasteiger partial charge in [0.2, 0.25) is 0 Å². The predicted octanol–water partition coefficient (Wildman–Crippen LogP) is 1.86. The molecule has 0 spiro atoms. The van der Waals surface area contributed by atoms with Crippen molar-refractivity contribution in [2.24, 2.45) is 5.73 Å². The van der Waals surface area contributed by atoms with Gasteiger partial charge in [-0.3, -0.25) is 4.79 Å². The fraction of sp³-hybridized carbons (Fsp3) is 0.333. The molecule has 21 heavy (non-hydrogen) atoms. The molecule has 0 saturated carbocycles. The Morgan fingerprint density at radius 3 is 3.00 bits per heavy atom. The highest BCUT2D eigenvalue weighted by atomic mass is 32.1. The zero-order chi connectivity index (χ0) is 15.0. The first-order valence-electron chi connectivity index (χ1n) is 6.76. The number of fused-ring (bicyclic) bond motifs is 1. The number of carbonyl (C=O) groups is 1. The Bertz CT molecular complexity index is 696. The van der Waals surface area contributed by atoms with E-state index in [1.807, 2.05) is 25.1 Å². The van der Waals surface area contributed by atoms with Crippen molar-refractivity contribution >= 4 is 22.9 Å². The summed E-state index contributed by atoms with van der Waals surface area (Å²) in [7, 11) is 1.77. The lowest BCUT2D eigenvalue weighted by Gasteiger charge is -2.26. The summed E-state index contributed by atoms with van der Waals surface area (Å²) >= 11 is 1.65. The molecule has 5 nitrogen and oxygen atoms in total. The summed E-state index contributed by atoms with van der Waals surface area (Å²) in [6.45, 7) is 2.59. The second-order valence-corrected chi connectivity index (χ2v) is 6.21. The third kappa shape index (κ3) is 2.64. The van der Waals surface area contributed by atoms with Crippen LogP contribution in [0.2, 0.25) is 0 Å². The molecule has 3 rings (SSSR count). The van der Waals surface area contributed by atoms with Gasteiger partial charge >= 0.3 is 0 Å². The number of thiazole rings is 1. The van der Waals surface area contributed by atoms with Gasteiger partial charge in [-0.2, -0.15) is 0 Å². The second kappa shape index (κ2) is 5.46. The number of hydrogen-bond donors (Lipinski definition) is 1. The Kier molecular flexibility index (Phi) is 3.65. The van der Waals surface area contributed by atoms with Crippen molar-refractivity contribution in [2.45, 2.75) is 19.9 Å². The van der Waals surface area contributed by atoms with Gasteiger partial charge < -0.3 is 15.4 Å². The number of hydrogen-bond acceptors (Lipinski definition) is 5. The van der Waals surface area contributed by atoms with Gasteiger partial charge in [-0.15, -0.1) is 11.3 Å². The van der Waals surface area contributed by atoms with Crippen LogP contribution in [0.4, 0.5) is 5.69 Å². The number of carbonyl (C=O) groups excluding carboxylic acids is 1. The highest BCUT2D eigenvalue weighted by molar-refractivity contribution is 7.11. The number of rotatable bonds is 3. The first kappa shape index (κ1) is 14.0. The zero-order valence-electron chi connectivity index (χ0n) is 12.0. The Hall–Kier alpha value is -1.92. The van der Waals surface area contributed by atoms with Crippen LogP contribution < -0.4 is 15.4 Å². The summed E-state index contributed by atoms with van der Waals surface area (Å²) in [5, 5.41) is 0.960. The molecular formula is C15H17N3O2S. The number of aromatic nitrogens is 1. The number of ether oxygens (including phenoxy) is 1. The molecule has 110 valence electrons. The van der Waals surface area contributed by atoms with Crippen molar-refractivity contribution in [1.82, 2.24) is 4.98 Å². The third-order valence-electron chi connectivity index (χ3n) is 3.59. The summed E-state index contributed by atoms with van der Waals surface area (Å²) in [4.78, 5) is 18.9. The first-order valence-corrected chi connectivity index (χ1v) is 7.57. The maximum atomic E-state index is 11.6. The van der Waals surface area contributed by atoms with Gasteiger partial charge in [0.15, 0.2) is 6.61 Å². The SMILES string of the molecule is Cc1nc(CN)sc1Cc1ccc2c(c1)OCC(=O)N2C. The molecule has 1 aromatic carbocycles. The highest BCUT2D eigenvalue weighted by Gasteiger charge is 2.22. The molecule has 0 fully saturated rings. The molecule has 6 heteroatoms. The van der Waals surface area contributed by atoms with E-state index in [0.29, 0.717) is 6.54 Å². The number of anilines is 1. The monoisotopic (exact) mass is 303 g/mol. The van der Waals surface area contributed by atoms with Crippen molar-refractivity contribution in [1.29, 1.82) is 0 Å². The van der Waals surface area contributed by atoms with Gasteiger partial charge in [0.05, 0.1) is 11.4 Å². The second-order valence-electron chi connectivity index (χ2n) is 5.04. The molecule has 2 heterocycles. The molecule has 1 aliphatic rings. The molecule has 1 aromatic heterocycles. The quantitative estimate of drug-likeness (QED) is 0.939. The molecule has 1 amide bonds. The maximum Gasteiger partial charge on any atom is 0.264 e. The topological polar surface area (TPSA) is 68.5 Å². The van der Waals surface area contributed by atoms with Crippen LogP contribution >= 0.6 is 11.3 Å². The Morgan fingerprint density at radius 2 is 2.29 bits per heavy atom. The van der Waals surface area contributed by atoms with Crippen molar-refractivity contribution in [3.8, 4) is 5.75 Å². The summed E-state index contributed by atoms with van der Waals surface area (Å²) in [6.07, 6.45) is 0.803. The van der Waals surface area contributed by atoms with E-state index < -0.39 is 0 Å². The van der Waals surface area contributed by atoms with Crippen molar-refractivity contribution in [3.05, 3.63) is 39.3 Å². The molecule has 2 N–H and O–H groups in total. The maximum absolute atomic E-state index is 11.6. The average Bonchev–Trinajstić information content (AvgIpc) is 2.83. The van der Waals surface area contributed by atoms with E-state index >= 15 is 0 Å². The Labute approximate surface area is 127 Å². The third-order valence-corrected chi connectivity index (χ3v) is 4.77. The number of nitrogens with two attached hydrogens (primary N) is 1. The Balaban J connectivity index is 1.87. The van der Waals surface area contributed by atoms with Gasteiger partial charge in [-0.05, 0) is 24.6 Å². The molecule has 0 radical (unpaired) electrons. The number of aryl methyl sites for hydroxylation is 1. The minimum absolute atomic E-state index is 0.0267. The van der Waals surface area contributed by atoms with Crippen LogP contribution in [0, 0.1) is 6.92 Å². The van der Waals surface area contributed by atoms with E-state index in [9.17, 15) is 4.79 Å². The molecule has 2 aromatic rings. The van der Waals surface area contributed by atoms with Crippen molar-refractivity contribution < 1.29 is 9.53 Å². The fourth-order valence-corrected chi connectivity index (χ4v) is 3.34. The summed E-state index contributed by atoms with van der Waals surface area (Å²) in [5.41, 5.74) is 8.63. The van der Waals surface area contributed by atoms with E-state index in [-0.39, 0.29) is 12.5 Å². The number of likely N-dealkylation sites (N-methyl/N-ethyl adjacent to an activating group) is 1. The zero-order valence-corrected chi connectivity index (χ0v) is 12.9. The summed E-state index contributed by atoms with van der Waals surface area (Å²) in [6, 6.07) is 5.96. The Morgan fingerprint density at radius 1 is 1.48 bits per heavy atom. The molecule has 0 saturated heterocycles. The van der Waals surface area contributed by atoms with Crippen molar-refractivity contribution in [2.75, 3.05) is 18.6 Å². The van der Waals surface area contributed by atoms with Gasteiger partial charge in [-0.25, -0.2) is 4.98 Å².